The fraction of sp³-hybridized carbons (Fsp3) is 0.273. The van der Waals surface area contributed by atoms with Crippen molar-refractivity contribution in [3.8, 4) is 11.8 Å². The Hall–Kier alpha value is -3.40. The van der Waals surface area contributed by atoms with E-state index >= 15 is 0 Å². The number of rotatable bonds is 6. The van der Waals surface area contributed by atoms with Crippen molar-refractivity contribution in [2.75, 3.05) is 26.6 Å². The maximum Gasteiger partial charge on any atom is 0.330 e. The van der Waals surface area contributed by atoms with E-state index in [1.54, 1.807) is 44.6 Å². The number of anilines is 1. The van der Waals surface area contributed by atoms with Gasteiger partial charge in [0.15, 0.2) is 0 Å². The van der Waals surface area contributed by atoms with Crippen LogP contribution in [-0.2, 0) is 9.53 Å². The Labute approximate surface area is 194 Å². The van der Waals surface area contributed by atoms with Crippen molar-refractivity contribution in [2.45, 2.75) is 19.8 Å². The number of nitrogens with zero attached hydrogens (tertiary/aromatic N) is 2. The number of nitrogens with two attached hydrogens (primary N) is 1. The third kappa shape index (κ3) is 9.61. The zero-order valence-electron chi connectivity index (χ0n) is 18.3. The highest BCUT2D eigenvalue weighted by atomic mass is 79.9. The van der Waals surface area contributed by atoms with Crippen LogP contribution in [0.4, 0.5) is 5.69 Å². The number of nitrogens with one attached hydrogen (secondary N) is 1. The van der Waals surface area contributed by atoms with Gasteiger partial charge in [0.05, 0.1) is 37.5 Å². The zero-order chi connectivity index (χ0) is 23.9. The number of hydrogen-bond acceptors (Lipinski definition) is 8. The molecule has 3 heterocycles. The number of fused-ring (bicyclic) bond motifs is 1. The monoisotopic (exact) mass is 506 g/mol. The summed E-state index contributed by atoms with van der Waals surface area (Å²) >= 11 is 3.17. The Kier molecular flexibility index (Phi) is 12.1. The minimum Gasteiger partial charge on any atom is -0.481 e. The number of esters is 1. The number of H-pyrrole nitrogens is 1. The van der Waals surface area contributed by atoms with Gasteiger partial charge < -0.3 is 24.9 Å². The van der Waals surface area contributed by atoms with Gasteiger partial charge in [-0.3, -0.25) is 4.79 Å². The number of ether oxygens (including phenoxy) is 3. The van der Waals surface area contributed by atoms with E-state index in [9.17, 15) is 9.59 Å². The molecule has 172 valence electrons. The Balaban J connectivity index is 0.000000246. The summed E-state index contributed by atoms with van der Waals surface area (Å²) in [6.07, 6.45) is 3.15. The fourth-order valence-corrected chi connectivity index (χ4v) is 2.36. The molecule has 0 aliphatic carbocycles. The van der Waals surface area contributed by atoms with Gasteiger partial charge in [-0.1, -0.05) is 19.9 Å². The molecule has 32 heavy (non-hydrogen) atoms. The Bertz CT molecular complexity index is 1070. The average molecular weight is 507 g/mol. The van der Waals surface area contributed by atoms with Crippen molar-refractivity contribution in [1.82, 2.24) is 15.0 Å². The summed E-state index contributed by atoms with van der Waals surface area (Å²) < 4.78 is 15.1. The number of aromatic amines is 1. The van der Waals surface area contributed by atoms with Crippen LogP contribution >= 0.6 is 15.9 Å². The molecule has 0 saturated heterocycles. The number of pyridine rings is 3. The minimum absolute atomic E-state index is 0.125. The lowest BCUT2D eigenvalue weighted by atomic mass is 10.3. The molecule has 0 bridgehead atoms. The van der Waals surface area contributed by atoms with Crippen molar-refractivity contribution in [1.29, 1.82) is 0 Å². The van der Waals surface area contributed by atoms with E-state index in [0.717, 1.165) is 18.4 Å². The topological polar surface area (TPSA) is 129 Å². The predicted molar refractivity (Wildman–Crippen MR) is 128 cm³/mol. The minimum atomic E-state index is -0.330. The van der Waals surface area contributed by atoms with Crippen molar-refractivity contribution in [3.05, 3.63) is 64.0 Å². The average Bonchev–Trinajstić information content (AvgIpc) is 2.81. The Morgan fingerprint density at radius 1 is 1.12 bits per heavy atom. The molecule has 0 amide bonds. The third-order valence-electron chi connectivity index (χ3n) is 3.73. The highest BCUT2D eigenvalue weighted by Crippen LogP contribution is 2.19. The number of aromatic nitrogens is 3. The van der Waals surface area contributed by atoms with Crippen molar-refractivity contribution in [2.24, 2.45) is 0 Å². The number of nitrogen functional groups attached to an aromatic ring is 1. The van der Waals surface area contributed by atoms with Crippen LogP contribution in [0.3, 0.4) is 0 Å². The molecule has 3 rings (SSSR count). The van der Waals surface area contributed by atoms with E-state index in [1.807, 2.05) is 6.92 Å². The number of methoxy groups -OCH3 is 2. The summed E-state index contributed by atoms with van der Waals surface area (Å²) in [5.41, 5.74) is 7.40. The standard InChI is InChI=1S/C9H8N2O2.C7H12O2.C6H7BrN2O/c1-13-9-5-3-6-7(11-9)2-4-8(12)10-6;1-3-5-6-9-7(8)4-2;1-10-5-3-2-4(8)6(7)9-5/h2-5H,1H3,(H,10,12);4H,2-3,5-6H2,1H3;2-3H,8H2,1H3. The number of halogens is 1. The number of carbonyl (C=O) groups is 1. The second-order valence-corrected chi connectivity index (χ2v) is 6.82. The van der Waals surface area contributed by atoms with E-state index in [2.05, 4.69) is 42.2 Å². The van der Waals surface area contributed by atoms with Crippen molar-refractivity contribution in [3.63, 3.8) is 0 Å². The lowest BCUT2D eigenvalue weighted by molar-refractivity contribution is -0.137. The molecule has 9 nitrogen and oxygen atoms in total. The van der Waals surface area contributed by atoms with E-state index in [0.29, 0.717) is 34.2 Å². The number of hydrogen-bond donors (Lipinski definition) is 2. The van der Waals surface area contributed by atoms with Crippen LogP contribution < -0.4 is 20.8 Å². The molecule has 0 fully saturated rings. The quantitative estimate of drug-likeness (QED) is 0.223. The largest absolute Gasteiger partial charge is 0.481 e. The fourth-order valence-electron chi connectivity index (χ4n) is 2.05. The molecule has 10 heteroatoms. The summed E-state index contributed by atoms with van der Waals surface area (Å²) in [6, 6.07) is 10.0. The van der Waals surface area contributed by atoms with Crippen LogP contribution in [0.15, 0.2) is 58.5 Å². The molecule has 0 aliphatic rings. The normalized spacial score (nSPS) is 9.50. The third-order valence-corrected chi connectivity index (χ3v) is 4.36. The molecule has 0 unspecified atom stereocenters. The first-order chi connectivity index (χ1) is 15.3. The molecule has 0 aliphatic heterocycles. The summed E-state index contributed by atoms with van der Waals surface area (Å²) in [5, 5.41) is 0. The molecule has 3 aromatic rings. The second kappa shape index (κ2) is 14.6. The van der Waals surface area contributed by atoms with Crippen LogP contribution in [0, 0.1) is 0 Å². The van der Waals surface area contributed by atoms with Gasteiger partial charge in [-0.15, -0.1) is 0 Å². The van der Waals surface area contributed by atoms with E-state index in [-0.39, 0.29) is 11.5 Å². The van der Waals surface area contributed by atoms with Gasteiger partial charge in [0.25, 0.3) is 0 Å². The molecule has 0 saturated carbocycles. The van der Waals surface area contributed by atoms with Gasteiger partial charge in [0, 0.05) is 24.3 Å². The van der Waals surface area contributed by atoms with Gasteiger partial charge in [-0.05, 0) is 40.5 Å². The Morgan fingerprint density at radius 2 is 1.78 bits per heavy atom. The van der Waals surface area contributed by atoms with Gasteiger partial charge in [0.1, 0.15) is 4.60 Å². The number of unbranched alkanes of at least 4 members (excludes halogenated alkanes) is 1. The van der Waals surface area contributed by atoms with Crippen LogP contribution in [0.25, 0.3) is 11.0 Å². The lowest BCUT2D eigenvalue weighted by Gasteiger charge is -1.99. The predicted octanol–water partition coefficient (Wildman–Crippen LogP) is 3.88. The smallest absolute Gasteiger partial charge is 0.330 e. The lowest BCUT2D eigenvalue weighted by Crippen LogP contribution is -2.03. The van der Waals surface area contributed by atoms with E-state index in [1.165, 1.54) is 12.1 Å². The SMILES string of the molecule is C=CC(=O)OCCCC.COc1ccc(N)c(Br)n1.COc1ccc2[nH]c(=O)ccc2n1. The molecule has 3 aromatic heterocycles. The van der Waals surface area contributed by atoms with Crippen LogP contribution in [0.2, 0.25) is 0 Å². The highest BCUT2D eigenvalue weighted by molar-refractivity contribution is 9.10. The summed E-state index contributed by atoms with van der Waals surface area (Å²) in [6.45, 7) is 5.82. The maximum absolute atomic E-state index is 10.9. The summed E-state index contributed by atoms with van der Waals surface area (Å²) in [4.78, 5) is 32.0. The van der Waals surface area contributed by atoms with E-state index in [4.69, 9.17) is 15.2 Å². The molecule has 0 radical (unpaired) electrons. The second-order valence-electron chi connectivity index (χ2n) is 6.07. The summed E-state index contributed by atoms with van der Waals surface area (Å²) in [7, 11) is 3.12. The molecule has 3 N–H and O–H groups in total. The highest BCUT2D eigenvalue weighted by Gasteiger charge is 1.98. The van der Waals surface area contributed by atoms with Crippen LogP contribution in [0.1, 0.15) is 19.8 Å². The maximum atomic E-state index is 10.9. The molecule has 0 atom stereocenters. The molecular formula is C22H27BrN4O5. The molecule has 0 aromatic carbocycles. The zero-order valence-corrected chi connectivity index (χ0v) is 19.8. The first kappa shape index (κ1) is 26.6. The van der Waals surface area contributed by atoms with Crippen molar-refractivity contribution >= 4 is 38.6 Å². The number of carbonyl (C=O) groups excluding carboxylic acids is 1. The first-order valence-corrected chi connectivity index (χ1v) is 10.4. The molecule has 0 spiro atoms. The van der Waals surface area contributed by atoms with Gasteiger partial charge in [0.2, 0.25) is 17.3 Å². The Morgan fingerprint density at radius 3 is 2.38 bits per heavy atom. The van der Waals surface area contributed by atoms with Crippen LogP contribution in [0.5, 0.6) is 11.8 Å². The van der Waals surface area contributed by atoms with Gasteiger partial charge in [-0.2, -0.15) is 0 Å². The van der Waals surface area contributed by atoms with Gasteiger partial charge in [-0.25, -0.2) is 14.8 Å². The van der Waals surface area contributed by atoms with Crippen LogP contribution in [-0.4, -0.2) is 41.7 Å². The van der Waals surface area contributed by atoms with Gasteiger partial charge >= 0.3 is 5.97 Å². The van der Waals surface area contributed by atoms with Crippen molar-refractivity contribution < 1.29 is 19.0 Å². The van der Waals surface area contributed by atoms with E-state index < -0.39 is 0 Å². The molecular weight excluding hydrogens is 480 g/mol. The first-order valence-electron chi connectivity index (χ1n) is 9.63. The summed E-state index contributed by atoms with van der Waals surface area (Å²) in [5.74, 6) is 0.768.